The lowest BCUT2D eigenvalue weighted by Crippen LogP contribution is -2.12. The zero-order valence-electron chi connectivity index (χ0n) is 14.2. The molecule has 1 saturated carbocycles. The molecule has 1 fully saturated rings. The molecule has 2 aromatic heterocycles. The van der Waals surface area contributed by atoms with Crippen LogP contribution in [0.3, 0.4) is 0 Å². The van der Waals surface area contributed by atoms with Crippen molar-refractivity contribution in [2.24, 2.45) is 5.92 Å². The van der Waals surface area contributed by atoms with E-state index in [-0.39, 0.29) is 5.43 Å². The summed E-state index contributed by atoms with van der Waals surface area (Å²) in [4.78, 5) is 20.7. The van der Waals surface area contributed by atoms with Gasteiger partial charge in [0, 0.05) is 24.5 Å². The molecular formula is C20H21N3O2. The maximum absolute atomic E-state index is 13.1. The van der Waals surface area contributed by atoms with Gasteiger partial charge in [-0.2, -0.15) is 0 Å². The Labute approximate surface area is 146 Å². The monoisotopic (exact) mass is 335 g/mol. The van der Waals surface area contributed by atoms with E-state index in [1.807, 2.05) is 37.3 Å². The van der Waals surface area contributed by atoms with Crippen molar-refractivity contribution in [1.29, 1.82) is 0 Å². The number of hydrogen-bond donors (Lipinski definition) is 2. The number of nitrogens with one attached hydrogen (secondary N) is 2. The van der Waals surface area contributed by atoms with Crippen LogP contribution < -0.4 is 15.5 Å². The number of pyridine rings is 2. The summed E-state index contributed by atoms with van der Waals surface area (Å²) in [6.07, 6.45) is 6.01. The van der Waals surface area contributed by atoms with E-state index in [2.05, 4.69) is 15.3 Å². The number of ether oxygens (including phenoxy) is 1. The molecule has 3 aromatic rings. The quantitative estimate of drug-likeness (QED) is 0.719. The number of fused-ring (bicyclic) bond motifs is 1. The maximum Gasteiger partial charge on any atom is 0.200 e. The Bertz CT molecular complexity index is 943. The number of aromatic nitrogens is 2. The summed E-state index contributed by atoms with van der Waals surface area (Å²) in [5.41, 5.74) is 2.29. The third kappa shape index (κ3) is 3.22. The predicted octanol–water partition coefficient (Wildman–Crippen LogP) is 3.81. The first-order chi connectivity index (χ1) is 12.3. The van der Waals surface area contributed by atoms with Gasteiger partial charge in [-0.25, -0.2) is 4.98 Å². The van der Waals surface area contributed by atoms with Gasteiger partial charge in [-0.15, -0.1) is 0 Å². The van der Waals surface area contributed by atoms with Crippen molar-refractivity contribution in [3.8, 4) is 16.9 Å². The van der Waals surface area contributed by atoms with Crippen molar-refractivity contribution in [2.45, 2.75) is 19.8 Å². The van der Waals surface area contributed by atoms with Gasteiger partial charge in [0.15, 0.2) is 0 Å². The molecule has 1 aromatic carbocycles. The van der Waals surface area contributed by atoms with Crippen molar-refractivity contribution in [3.05, 3.63) is 52.9 Å². The first kappa shape index (κ1) is 15.7. The van der Waals surface area contributed by atoms with Gasteiger partial charge < -0.3 is 15.0 Å². The highest BCUT2D eigenvalue weighted by molar-refractivity contribution is 5.91. The molecular weight excluding hydrogens is 314 g/mol. The van der Waals surface area contributed by atoms with Crippen molar-refractivity contribution < 1.29 is 4.74 Å². The minimum atomic E-state index is -0.00990. The van der Waals surface area contributed by atoms with E-state index in [1.165, 1.54) is 12.8 Å². The molecule has 0 bridgehead atoms. The Morgan fingerprint density at radius 1 is 1.24 bits per heavy atom. The van der Waals surface area contributed by atoms with E-state index >= 15 is 0 Å². The zero-order chi connectivity index (χ0) is 17.2. The van der Waals surface area contributed by atoms with Crippen molar-refractivity contribution >= 4 is 16.7 Å². The number of nitrogens with zero attached hydrogens (tertiary/aromatic N) is 1. The van der Waals surface area contributed by atoms with Crippen LogP contribution in [0.1, 0.15) is 19.8 Å². The lowest BCUT2D eigenvalue weighted by molar-refractivity contribution is 0.340. The topological polar surface area (TPSA) is 67.0 Å². The number of aromatic amines is 1. The SMILES string of the molecule is CCOc1ccc(-c2c[nH]c3ccnc(NCC4CC4)c3c2=O)cc1. The molecule has 0 spiro atoms. The summed E-state index contributed by atoms with van der Waals surface area (Å²) in [6.45, 7) is 3.45. The summed E-state index contributed by atoms with van der Waals surface area (Å²) in [6, 6.07) is 9.43. The molecule has 0 radical (unpaired) electrons. The summed E-state index contributed by atoms with van der Waals surface area (Å²) in [5, 5.41) is 3.96. The van der Waals surface area contributed by atoms with Gasteiger partial charge in [-0.05, 0) is 49.4 Å². The van der Waals surface area contributed by atoms with Gasteiger partial charge in [0.05, 0.1) is 17.5 Å². The number of rotatable bonds is 6. The molecule has 2 N–H and O–H groups in total. The summed E-state index contributed by atoms with van der Waals surface area (Å²) >= 11 is 0. The van der Waals surface area contributed by atoms with Gasteiger partial charge in [-0.1, -0.05) is 12.1 Å². The molecule has 2 heterocycles. The molecule has 0 unspecified atom stereocenters. The van der Waals surface area contributed by atoms with Crippen LogP contribution >= 0.6 is 0 Å². The normalized spacial score (nSPS) is 13.8. The van der Waals surface area contributed by atoms with E-state index < -0.39 is 0 Å². The minimum absolute atomic E-state index is 0.00990. The number of hydrogen-bond acceptors (Lipinski definition) is 4. The zero-order valence-corrected chi connectivity index (χ0v) is 14.2. The third-order valence-electron chi connectivity index (χ3n) is 4.53. The highest BCUT2D eigenvalue weighted by Crippen LogP contribution is 2.29. The van der Waals surface area contributed by atoms with Gasteiger partial charge in [-0.3, -0.25) is 4.79 Å². The number of anilines is 1. The van der Waals surface area contributed by atoms with E-state index in [9.17, 15) is 4.79 Å². The van der Waals surface area contributed by atoms with Crippen LogP contribution in [0.15, 0.2) is 47.5 Å². The molecule has 5 nitrogen and oxygen atoms in total. The fraction of sp³-hybridized carbons (Fsp3) is 0.300. The molecule has 0 atom stereocenters. The van der Waals surface area contributed by atoms with E-state index in [0.29, 0.717) is 29.3 Å². The van der Waals surface area contributed by atoms with Crippen LogP contribution in [0, 0.1) is 5.92 Å². The highest BCUT2D eigenvalue weighted by Gasteiger charge is 2.21. The fourth-order valence-corrected chi connectivity index (χ4v) is 2.97. The van der Waals surface area contributed by atoms with Crippen molar-refractivity contribution in [3.63, 3.8) is 0 Å². The largest absolute Gasteiger partial charge is 0.494 e. The van der Waals surface area contributed by atoms with Gasteiger partial charge >= 0.3 is 0 Å². The first-order valence-corrected chi connectivity index (χ1v) is 8.73. The average Bonchev–Trinajstić information content (AvgIpc) is 3.46. The Morgan fingerprint density at radius 2 is 2.04 bits per heavy atom. The molecule has 1 aliphatic carbocycles. The van der Waals surface area contributed by atoms with Crippen LogP contribution in [-0.2, 0) is 0 Å². The van der Waals surface area contributed by atoms with Crippen LogP contribution in [-0.4, -0.2) is 23.1 Å². The summed E-state index contributed by atoms with van der Waals surface area (Å²) in [7, 11) is 0. The molecule has 5 heteroatoms. The first-order valence-electron chi connectivity index (χ1n) is 8.73. The lowest BCUT2D eigenvalue weighted by atomic mass is 10.0. The second-order valence-corrected chi connectivity index (χ2v) is 6.40. The molecule has 128 valence electrons. The fourth-order valence-electron chi connectivity index (χ4n) is 2.97. The van der Waals surface area contributed by atoms with Crippen LogP contribution in [0.2, 0.25) is 0 Å². The average molecular weight is 335 g/mol. The molecule has 1 aliphatic rings. The van der Waals surface area contributed by atoms with Crippen molar-refractivity contribution in [1.82, 2.24) is 9.97 Å². The smallest absolute Gasteiger partial charge is 0.200 e. The molecule has 25 heavy (non-hydrogen) atoms. The van der Waals surface area contributed by atoms with Gasteiger partial charge in [0.25, 0.3) is 0 Å². The number of benzene rings is 1. The maximum atomic E-state index is 13.1. The van der Waals surface area contributed by atoms with Gasteiger partial charge in [0.2, 0.25) is 5.43 Å². The number of H-pyrrole nitrogens is 1. The Hall–Kier alpha value is -2.82. The Morgan fingerprint density at radius 3 is 2.76 bits per heavy atom. The highest BCUT2D eigenvalue weighted by atomic mass is 16.5. The van der Waals surface area contributed by atoms with E-state index in [1.54, 1.807) is 12.4 Å². The van der Waals surface area contributed by atoms with Crippen LogP contribution in [0.25, 0.3) is 22.0 Å². The summed E-state index contributed by atoms with van der Waals surface area (Å²) in [5.74, 6) is 2.18. The molecule has 0 aliphatic heterocycles. The van der Waals surface area contributed by atoms with Crippen molar-refractivity contribution in [2.75, 3.05) is 18.5 Å². The minimum Gasteiger partial charge on any atom is -0.494 e. The standard InChI is InChI=1S/C20H21N3O2/c1-2-25-15-7-5-14(6-8-15)16-12-22-17-9-10-21-20(18(17)19(16)24)23-11-13-3-4-13/h5-10,12-13H,2-4,11H2,1H3,(H,21,23)(H,22,24). The third-order valence-corrected chi connectivity index (χ3v) is 4.53. The van der Waals surface area contributed by atoms with Crippen LogP contribution in [0.5, 0.6) is 5.75 Å². The van der Waals surface area contributed by atoms with Crippen LogP contribution in [0.4, 0.5) is 5.82 Å². The summed E-state index contributed by atoms with van der Waals surface area (Å²) < 4.78 is 5.47. The lowest BCUT2D eigenvalue weighted by Gasteiger charge is -2.10. The second kappa shape index (κ2) is 6.59. The molecule has 0 amide bonds. The molecule has 4 rings (SSSR count). The van der Waals surface area contributed by atoms with Gasteiger partial charge in [0.1, 0.15) is 11.6 Å². The second-order valence-electron chi connectivity index (χ2n) is 6.40. The Kier molecular flexibility index (Phi) is 4.14. The van der Waals surface area contributed by atoms with E-state index in [0.717, 1.165) is 23.4 Å². The molecule has 0 saturated heterocycles. The predicted molar refractivity (Wildman–Crippen MR) is 100 cm³/mol. The Balaban J connectivity index is 1.75. The van der Waals surface area contributed by atoms with E-state index in [4.69, 9.17) is 4.74 Å².